The highest BCUT2D eigenvalue weighted by Gasteiger charge is 2.33. The molecule has 170 valence electrons. The van der Waals surface area contributed by atoms with Gasteiger partial charge in [-0.15, -0.1) is 0 Å². The maximum Gasteiger partial charge on any atom is 0.338 e. The molecule has 3 aromatic rings. The van der Waals surface area contributed by atoms with Gasteiger partial charge in [-0.3, -0.25) is 9.36 Å². The average Bonchev–Trinajstić information content (AvgIpc) is 3.09. The van der Waals surface area contributed by atoms with Crippen molar-refractivity contribution in [1.82, 2.24) is 4.57 Å². The number of nitrogens with zero attached hydrogens (tertiary/aromatic N) is 2. The summed E-state index contributed by atoms with van der Waals surface area (Å²) in [5, 5.41) is 0. The average molecular weight is 572 g/mol. The number of thiazole rings is 1. The van der Waals surface area contributed by atoms with Gasteiger partial charge in [-0.1, -0.05) is 61.6 Å². The van der Waals surface area contributed by atoms with Gasteiger partial charge in [-0.25, -0.2) is 9.79 Å². The van der Waals surface area contributed by atoms with Crippen LogP contribution in [0.3, 0.4) is 0 Å². The van der Waals surface area contributed by atoms with Gasteiger partial charge in [0.25, 0.3) is 5.56 Å². The standard InChI is InChI=1S/C26H25IN2O3S/c1-5-32-25(31)22-16(4)28-26-29(23(22)19-10-8-18(9-11-19)15(2)3)24(30)21(33-26)14-17-6-12-20(27)13-7-17/h6-15,23H,5H2,1-4H3/b21-14-/t23-/m1/s1. The molecule has 0 bridgehead atoms. The molecule has 5 nitrogen and oxygen atoms in total. The molecule has 1 atom stereocenters. The van der Waals surface area contributed by atoms with Gasteiger partial charge in [0.2, 0.25) is 0 Å². The minimum Gasteiger partial charge on any atom is -0.463 e. The number of rotatable bonds is 5. The molecular weight excluding hydrogens is 547 g/mol. The smallest absolute Gasteiger partial charge is 0.338 e. The number of benzene rings is 2. The normalized spacial score (nSPS) is 16.1. The SMILES string of the molecule is CCOC(=O)C1=C(C)N=c2s/c(=C\c3ccc(I)cc3)c(=O)n2[C@@H]1c1ccc(C(C)C)cc1. The number of ether oxygens (including phenoxy) is 1. The summed E-state index contributed by atoms with van der Waals surface area (Å²) < 4.78 is 8.70. The maximum absolute atomic E-state index is 13.6. The molecule has 0 aliphatic carbocycles. The van der Waals surface area contributed by atoms with Crippen LogP contribution in [0.2, 0.25) is 0 Å². The molecule has 1 aromatic heterocycles. The molecule has 4 rings (SSSR count). The quantitative estimate of drug-likeness (QED) is 0.334. The van der Waals surface area contributed by atoms with Crippen molar-refractivity contribution in [3.63, 3.8) is 0 Å². The van der Waals surface area contributed by atoms with Gasteiger partial charge >= 0.3 is 5.97 Å². The molecule has 0 fully saturated rings. The number of fused-ring (bicyclic) bond motifs is 1. The van der Waals surface area contributed by atoms with Crippen LogP contribution in [0.1, 0.15) is 56.3 Å². The first-order chi connectivity index (χ1) is 15.8. The minimum absolute atomic E-state index is 0.162. The van der Waals surface area contributed by atoms with E-state index < -0.39 is 12.0 Å². The molecule has 0 spiro atoms. The highest BCUT2D eigenvalue weighted by molar-refractivity contribution is 14.1. The Hall–Kier alpha value is -2.52. The van der Waals surface area contributed by atoms with Gasteiger partial charge in [0, 0.05) is 3.57 Å². The molecule has 0 N–H and O–H groups in total. The Bertz CT molecular complexity index is 1400. The number of hydrogen-bond acceptors (Lipinski definition) is 5. The number of carbonyl (C=O) groups excluding carboxylic acids is 1. The van der Waals surface area contributed by atoms with Crippen LogP contribution in [0.15, 0.2) is 69.6 Å². The monoisotopic (exact) mass is 572 g/mol. The van der Waals surface area contributed by atoms with Gasteiger partial charge in [0.05, 0.1) is 28.5 Å². The summed E-state index contributed by atoms with van der Waals surface area (Å²) in [5.41, 5.74) is 3.82. The van der Waals surface area contributed by atoms with E-state index in [1.54, 1.807) is 18.4 Å². The van der Waals surface area contributed by atoms with E-state index in [-0.39, 0.29) is 12.2 Å². The summed E-state index contributed by atoms with van der Waals surface area (Å²) in [6.45, 7) is 8.11. The molecule has 0 saturated carbocycles. The topological polar surface area (TPSA) is 60.7 Å². The Morgan fingerprint density at radius 2 is 1.85 bits per heavy atom. The summed E-state index contributed by atoms with van der Waals surface area (Å²) in [4.78, 5) is 31.8. The van der Waals surface area contributed by atoms with E-state index in [1.807, 2.05) is 42.5 Å². The van der Waals surface area contributed by atoms with E-state index in [0.717, 1.165) is 14.7 Å². The summed E-state index contributed by atoms with van der Waals surface area (Å²) in [7, 11) is 0. The maximum atomic E-state index is 13.6. The Morgan fingerprint density at radius 1 is 1.18 bits per heavy atom. The third kappa shape index (κ3) is 4.75. The third-order valence-corrected chi connectivity index (χ3v) is 7.31. The molecule has 0 radical (unpaired) electrons. The number of hydrogen-bond donors (Lipinski definition) is 0. The minimum atomic E-state index is -0.583. The molecule has 0 unspecified atom stereocenters. The second-order valence-corrected chi connectivity index (χ2v) is 10.4. The van der Waals surface area contributed by atoms with Crippen LogP contribution in [-0.4, -0.2) is 17.1 Å². The van der Waals surface area contributed by atoms with Gasteiger partial charge in [0.15, 0.2) is 4.80 Å². The lowest BCUT2D eigenvalue weighted by atomic mass is 9.93. The van der Waals surface area contributed by atoms with Crippen molar-refractivity contribution in [1.29, 1.82) is 0 Å². The van der Waals surface area contributed by atoms with E-state index in [1.165, 1.54) is 16.9 Å². The third-order valence-electron chi connectivity index (χ3n) is 5.60. The van der Waals surface area contributed by atoms with E-state index in [2.05, 4.69) is 53.6 Å². The first kappa shape index (κ1) is 23.6. The number of halogens is 1. The Kier molecular flexibility index (Phi) is 6.99. The summed E-state index contributed by atoms with van der Waals surface area (Å²) in [6.07, 6.45) is 1.88. The number of allylic oxidation sites excluding steroid dienone is 1. The fourth-order valence-corrected chi connectivity index (χ4v) is 5.29. The first-order valence-electron chi connectivity index (χ1n) is 10.8. The molecule has 33 heavy (non-hydrogen) atoms. The van der Waals surface area contributed by atoms with Gasteiger partial charge in [-0.2, -0.15) is 0 Å². The predicted octanol–water partition coefficient (Wildman–Crippen LogP) is 4.53. The highest BCUT2D eigenvalue weighted by atomic mass is 127. The largest absolute Gasteiger partial charge is 0.463 e. The predicted molar refractivity (Wildman–Crippen MR) is 140 cm³/mol. The zero-order chi connectivity index (χ0) is 23.7. The lowest BCUT2D eigenvalue weighted by molar-refractivity contribution is -0.139. The second kappa shape index (κ2) is 9.77. The molecule has 0 saturated heterocycles. The van der Waals surface area contributed by atoms with Crippen LogP contribution in [0.25, 0.3) is 6.08 Å². The Labute approximate surface area is 210 Å². The van der Waals surface area contributed by atoms with Crippen LogP contribution in [0.4, 0.5) is 0 Å². The van der Waals surface area contributed by atoms with Gasteiger partial charge < -0.3 is 4.74 Å². The van der Waals surface area contributed by atoms with Crippen LogP contribution in [-0.2, 0) is 9.53 Å². The summed E-state index contributed by atoms with van der Waals surface area (Å²) in [6, 6.07) is 15.5. The zero-order valence-corrected chi connectivity index (χ0v) is 21.9. The zero-order valence-electron chi connectivity index (χ0n) is 19.0. The molecule has 7 heteroatoms. The molecule has 2 heterocycles. The van der Waals surface area contributed by atoms with E-state index in [9.17, 15) is 9.59 Å². The fraction of sp³-hybridized carbons (Fsp3) is 0.269. The molecular formula is C26H25IN2O3S. The molecule has 1 aliphatic rings. The van der Waals surface area contributed by atoms with E-state index in [0.29, 0.717) is 26.5 Å². The van der Waals surface area contributed by atoms with Crippen molar-refractivity contribution in [2.24, 2.45) is 4.99 Å². The van der Waals surface area contributed by atoms with Crippen LogP contribution in [0.5, 0.6) is 0 Å². The van der Waals surface area contributed by atoms with Gasteiger partial charge in [0.1, 0.15) is 0 Å². The van der Waals surface area contributed by atoms with Crippen LogP contribution in [0, 0.1) is 3.57 Å². The Morgan fingerprint density at radius 3 is 2.45 bits per heavy atom. The van der Waals surface area contributed by atoms with Crippen molar-refractivity contribution < 1.29 is 9.53 Å². The van der Waals surface area contributed by atoms with Crippen molar-refractivity contribution >= 4 is 46.0 Å². The Balaban J connectivity index is 1.92. The van der Waals surface area contributed by atoms with Crippen molar-refractivity contribution in [3.05, 3.63) is 99.7 Å². The highest BCUT2D eigenvalue weighted by Crippen LogP contribution is 2.31. The van der Waals surface area contributed by atoms with Gasteiger partial charge in [-0.05, 0) is 77.3 Å². The van der Waals surface area contributed by atoms with Crippen molar-refractivity contribution in [3.8, 4) is 0 Å². The van der Waals surface area contributed by atoms with E-state index >= 15 is 0 Å². The number of carbonyl (C=O) groups is 1. The number of esters is 1. The molecule has 1 aliphatic heterocycles. The lowest BCUT2D eigenvalue weighted by Crippen LogP contribution is -2.39. The van der Waals surface area contributed by atoms with E-state index in [4.69, 9.17) is 4.74 Å². The van der Waals surface area contributed by atoms with Crippen molar-refractivity contribution in [2.45, 2.75) is 39.7 Å². The summed E-state index contributed by atoms with van der Waals surface area (Å²) in [5.74, 6) is -0.0552. The lowest BCUT2D eigenvalue weighted by Gasteiger charge is -2.25. The summed E-state index contributed by atoms with van der Waals surface area (Å²) >= 11 is 3.59. The van der Waals surface area contributed by atoms with Crippen LogP contribution < -0.4 is 14.9 Å². The first-order valence-corrected chi connectivity index (χ1v) is 12.7. The number of aromatic nitrogens is 1. The van der Waals surface area contributed by atoms with Crippen LogP contribution >= 0.6 is 33.9 Å². The molecule has 2 aromatic carbocycles. The van der Waals surface area contributed by atoms with Crippen molar-refractivity contribution in [2.75, 3.05) is 6.61 Å². The second-order valence-electron chi connectivity index (χ2n) is 8.18. The molecule has 0 amide bonds. The fourth-order valence-electron chi connectivity index (χ4n) is 3.88.